The fourth-order valence-electron chi connectivity index (χ4n) is 3.78. The van der Waals surface area contributed by atoms with E-state index >= 15 is 0 Å². The molecule has 3 N–H and O–H groups in total. The molecule has 2 atom stereocenters. The van der Waals surface area contributed by atoms with E-state index in [2.05, 4.69) is 4.99 Å². The number of ether oxygens (including phenoxy) is 3. The van der Waals surface area contributed by atoms with Gasteiger partial charge in [0.15, 0.2) is 11.6 Å². The van der Waals surface area contributed by atoms with E-state index in [0.717, 1.165) is 0 Å². The number of rotatable bonds is 10. The molecule has 9 heteroatoms. The summed E-state index contributed by atoms with van der Waals surface area (Å²) in [6.45, 7) is 5.72. The molecule has 0 aromatic heterocycles. The Morgan fingerprint density at radius 2 is 1.80 bits per heavy atom. The van der Waals surface area contributed by atoms with Crippen LogP contribution in [0.15, 0.2) is 59.6 Å². The second-order valence-corrected chi connectivity index (χ2v) is 9.23. The van der Waals surface area contributed by atoms with Crippen molar-refractivity contribution >= 4 is 17.8 Å². The minimum Gasteiger partial charge on any atom is -0.494 e. The van der Waals surface area contributed by atoms with Crippen molar-refractivity contribution in [1.82, 2.24) is 5.48 Å². The molecule has 188 valence electrons. The summed E-state index contributed by atoms with van der Waals surface area (Å²) in [6.07, 6.45) is -0.507. The van der Waals surface area contributed by atoms with Gasteiger partial charge in [0, 0.05) is 25.0 Å². The van der Waals surface area contributed by atoms with Gasteiger partial charge in [0.1, 0.15) is 11.4 Å². The summed E-state index contributed by atoms with van der Waals surface area (Å²) in [6, 6.07) is 16.0. The smallest absolute Gasteiger partial charge is 0.306 e. The molecule has 0 fully saturated rings. The maximum atomic E-state index is 13.1. The molecular formula is C26H32N2O7. The average molecular weight is 485 g/mol. The average Bonchev–Trinajstić information content (AvgIpc) is 3.23. The standard InChI is InChI=1S/C26H32N2O7/c1-25(2,3)35-21(30)14-15-26(24(31)28-32)22(18-8-5-4-6-9-18)34-23(27-26)19-10-12-20(13-11-19)33-17-7-16-29/h4-6,8-13,22,29,32H,7,14-17H2,1-3H3,(H,28,31)/t22-,26-/m0/s1. The van der Waals surface area contributed by atoms with Gasteiger partial charge in [-0.2, -0.15) is 0 Å². The Labute approximate surface area is 204 Å². The first kappa shape index (κ1) is 26.2. The maximum absolute atomic E-state index is 13.1. The molecule has 0 radical (unpaired) electrons. The number of hydrogen-bond acceptors (Lipinski definition) is 8. The Balaban J connectivity index is 1.94. The van der Waals surface area contributed by atoms with Gasteiger partial charge in [0.2, 0.25) is 5.90 Å². The summed E-state index contributed by atoms with van der Waals surface area (Å²) in [4.78, 5) is 30.2. The van der Waals surface area contributed by atoms with E-state index in [4.69, 9.17) is 19.3 Å². The quantitative estimate of drug-likeness (QED) is 0.204. The molecule has 2 aromatic rings. The Hall–Kier alpha value is -3.43. The normalized spacial score (nSPS) is 19.5. The summed E-state index contributed by atoms with van der Waals surface area (Å²) in [5, 5.41) is 18.5. The Kier molecular flexibility index (Phi) is 8.48. The Morgan fingerprint density at radius 1 is 1.11 bits per heavy atom. The van der Waals surface area contributed by atoms with Gasteiger partial charge in [-0.25, -0.2) is 10.5 Å². The van der Waals surface area contributed by atoms with E-state index in [9.17, 15) is 14.8 Å². The lowest BCUT2D eigenvalue weighted by molar-refractivity contribution is -0.155. The number of nitrogens with zero attached hydrogens (tertiary/aromatic N) is 1. The molecule has 9 nitrogen and oxygen atoms in total. The predicted molar refractivity (Wildman–Crippen MR) is 128 cm³/mol. The fraction of sp³-hybridized carbons (Fsp3) is 0.423. The van der Waals surface area contributed by atoms with Crippen LogP contribution in [0.3, 0.4) is 0 Å². The molecule has 0 saturated heterocycles. The van der Waals surface area contributed by atoms with E-state index in [1.54, 1.807) is 62.6 Å². The van der Waals surface area contributed by atoms with Crippen LogP contribution in [0.4, 0.5) is 0 Å². The molecule has 2 aromatic carbocycles. The third kappa shape index (κ3) is 6.58. The van der Waals surface area contributed by atoms with Gasteiger partial charge in [-0.1, -0.05) is 30.3 Å². The monoisotopic (exact) mass is 484 g/mol. The van der Waals surface area contributed by atoms with Gasteiger partial charge < -0.3 is 19.3 Å². The van der Waals surface area contributed by atoms with Crippen LogP contribution in [-0.4, -0.2) is 52.4 Å². The van der Waals surface area contributed by atoms with Crippen LogP contribution in [0.2, 0.25) is 0 Å². The number of aliphatic hydroxyl groups is 1. The molecule has 0 bridgehead atoms. The Bertz CT molecular complexity index is 1030. The van der Waals surface area contributed by atoms with Crippen LogP contribution in [0.5, 0.6) is 5.75 Å². The van der Waals surface area contributed by atoms with E-state index in [0.29, 0.717) is 29.9 Å². The molecule has 1 amide bonds. The molecule has 1 aliphatic heterocycles. The minimum absolute atomic E-state index is 0.0419. The predicted octanol–water partition coefficient (Wildman–Crippen LogP) is 3.33. The summed E-state index contributed by atoms with van der Waals surface area (Å²) in [7, 11) is 0. The second-order valence-electron chi connectivity index (χ2n) is 9.23. The summed E-state index contributed by atoms with van der Waals surface area (Å²) >= 11 is 0. The highest BCUT2D eigenvalue weighted by molar-refractivity contribution is 6.00. The number of aliphatic imine (C=N–C) groups is 1. The van der Waals surface area contributed by atoms with Crippen molar-refractivity contribution in [1.29, 1.82) is 0 Å². The highest BCUT2D eigenvalue weighted by Crippen LogP contribution is 2.43. The lowest BCUT2D eigenvalue weighted by atomic mass is 9.83. The van der Waals surface area contributed by atoms with Crippen molar-refractivity contribution in [2.75, 3.05) is 13.2 Å². The summed E-state index contributed by atoms with van der Waals surface area (Å²) in [5.74, 6) is -0.449. The highest BCUT2D eigenvalue weighted by Gasteiger charge is 2.53. The molecule has 1 aliphatic rings. The number of amides is 1. The van der Waals surface area contributed by atoms with Gasteiger partial charge in [-0.05, 0) is 57.0 Å². The third-order valence-corrected chi connectivity index (χ3v) is 5.36. The number of nitrogens with one attached hydrogen (secondary N) is 1. The van der Waals surface area contributed by atoms with E-state index in [-0.39, 0.29) is 25.3 Å². The van der Waals surface area contributed by atoms with E-state index < -0.39 is 29.1 Å². The SMILES string of the molecule is CC(C)(C)OC(=O)CC[C@]1(C(=O)NO)N=C(c2ccc(OCCCO)cc2)O[C@H]1c1ccccc1. The van der Waals surface area contributed by atoms with Crippen molar-refractivity contribution in [3.05, 3.63) is 65.7 Å². The first-order valence-corrected chi connectivity index (χ1v) is 11.5. The van der Waals surface area contributed by atoms with Crippen molar-refractivity contribution in [3.8, 4) is 5.75 Å². The molecule has 0 aliphatic carbocycles. The van der Waals surface area contributed by atoms with Crippen LogP contribution in [-0.2, 0) is 19.1 Å². The molecule has 3 rings (SSSR count). The van der Waals surface area contributed by atoms with Crippen molar-refractivity contribution in [3.63, 3.8) is 0 Å². The van der Waals surface area contributed by atoms with Crippen LogP contribution >= 0.6 is 0 Å². The van der Waals surface area contributed by atoms with Crippen LogP contribution in [0.1, 0.15) is 57.3 Å². The number of benzene rings is 2. The van der Waals surface area contributed by atoms with Gasteiger partial charge in [-0.15, -0.1) is 0 Å². The molecule has 0 saturated carbocycles. The minimum atomic E-state index is -1.60. The van der Waals surface area contributed by atoms with Crippen molar-refractivity contribution in [2.24, 2.45) is 4.99 Å². The molecule has 1 heterocycles. The molecule has 35 heavy (non-hydrogen) atoms. The van der Waals surface area contributed by atoms with Crippen LogP contribution in [0.25, 0.3) is 0 Å². The largest absolute Gasteiger partial charge is 0.494 e. The van der Waals surface area contributed by atoms with Gasteiger partial charge in [0.05, 0.1) is 6.61 Å². The topological polar surface area (TPSA) is 127 Å². The number of esters is 1. The van der Waals surface area contributed by atoms with Gasteiger partial charge in [0.25, 0.3) is 5.91 Å². The van der Waals surface area contributed by atoms with Crippen LogP contribution < -0.4 is 10.2 Å². The number of carbonyl (C=O) groups is 2. The summed E-state index contributed by atoms with van der Waals surface area (Å²) in [5.41, 5.74) is 0.707. The number of hydrogen-bond donors (Lipinski definition) is 3. The molecule has 0 unspecified atom stereocenters. The second kappa shape index (κ2) is 11.3. The number of hydroxylamine groups is 1. The number of aliphatic hydroxyl groups excluding tert-OH is 1. The lowest BCUT2D eigenvalue weighted by Gasteiger charge is -2.29. The molecule has 0 spiro atoms. The molecular weight excluding hydrogens is 452 g/mol. The van der Waals surface area contributed by atoms with Crippen LogP contribution in [0, 0.1) is 0 Å². The first-order chi connectivity index (χ1) is 16.7. The zero-order chi connectivity index (χ0) is 25.5. The van der Waals surface area contributed by atoms with E-state index in [1.807, 2.05) is 18.2 Å². The van der Waals surface area contributed by atoms with Crippen molar-refractivity contribution < 1.29 is 34.1 Å². The van der Waals surface area contributed by atoms with E-state index in [1.165, 1.54) is 0 Å². The highest BCUT2D eigenvalue weighted by atomic mass is 16.6. The number of carbonyl (C=O) groups excluding carboxylic acids is 2. The zero-order valence-corrected chi connectivity index (χ0v) is 20.2. The summed E-state index contributed by atoms with van der Waals surface area (Å²) < 4.78 is 17.2. The fourth-order valence-corrected chi connectivity index (χ4v) is 3.78. The Morgan fingerprint density at radius 3 is 2.40 bits per heavy atom. The first-order valence-electron chi connectivity index (χ1n) is 11.5. The van der Waals surface area contributed by atoms with Gasteiger partial charge in [-0.3, -0.25) is 14.8 Å². The van der Waals surface area contributed by atoms with Gasteiger partial charge >= 0.3 is 5.97 Å². The maximum Gasteiger partial charge on any atom is 0.306 e. The zero-order valence-electron chi connectivity index (χ0n) is 20.2. The lowest BCUT2D eigenvalue weighted by Crippen LogP contribution is -2.47. The van der Waals surface area contributed by atoms with Crippen molar-refractivity contribution in [2.45, 2.75) is 57.3 Å². The third-order valence-electron chi connectivity index (χ3n) is 5.36.